The first kappa shape index (κ1) is 15.2. The first-order valence-electron chi connectivity index (χ1n) is 7.05. The molecule has 0 aliphatic carbocycles. The number of halogens is 1. The Balaban J connectivity index is 1.63. The lowest BCUT2D eigenvalue weighted by molar-refractivity contribution is 0.0774. The van der Waals surface area contributed by atoms with Crippen LogP contribution in [-0.4, -0.2) is 40.0 Å². The lowest BCUT2D eigenvalue weighted by Crippen LogP contribution is -2.30. The van der Waals surface area contributed by atoms with Crippen molar-refractivity contribution >= 4 is 28.8 Å². The number of carbonyl (C=O) groups is 1. The van der Waals surface area contributed by atoms with Crippen LogP contribution < -0.4 is 4.74 Å². The second-order valence-corrected chi connectivity index (χ2v) is 7.03. The van der Waals surface area contributed by atoms with Gasteiger partial charge in [-0.1, -0.05) is 11.6 Å². The number of hydrogen-bond acceptors (Lipinski definition) is 5. The van der Waals surface area contributed by atoms with Crippen LogP contribution in [0.2, 0.25) is 4.34 Å². The lowest BCUT2D eigenvalue weighted by Gasteiger charge is -2.16. The number of carbonyl (C=O) groups excluding carboxylic acids is 1. The summed E-state index contributed by atoms with van der Waals surface area (Å²) in [6, 6.07) is 5.79. The maximum Gasteiger partial charge on any atom is 0.317 e. The second-order valence-electron chi connectivity index (χ2n) is 5.32. The number of hydrogen-bond donors (Lipinski definition) is 0. The zero-order valence-electron chi connectivity index (χ0n) is 12.4. The highest BCUT2D eigenvalue weighted by Gasteiger charge is 2.29. The van der Waals surface area contributed by atoms with Crippen molar-refractivity contribution in [2.45, 2.75) is 26.4 Å². The van der Waals surface area contributed by atoms with E-state index in [1.807, 2.05) is 19.9 Å². The molecule has 0 N–H and O–H groups in total. The smallest absolute Gasteiger partial charge is 0.317 e. The molecule has 0 radical (unpaired) electrons. The Morgan fingerprint density at radius 1 is 1.36 bits per heavy atom. The van der Waals surface area contributed by atoms with Crippen LogP contribution in [0.5, 0.6) is 6.01 Å². The van der Waals surface area contributed by atoms with Crippen molar-refractivity contribution in [1.29, 1.82) is 0 Å². The van der Waals surface area contributed by atoms with Crippen LogP contribution in [0.4, 0.5) is 0 Å². The van der Waals surface area contributed by atoms with Gasteiger partial charge in [0, 0.05) is 24.4 Å². The van der Waals surface area contributed by atoms with E-state index in [-0.39, 0.29) is 12.0 Å². The van der Waals surface area contributed by atoms with Gasteiger partial charge in [-0.3, -0.25) is 4.79 Å². The van der Waals surface area contributed by atoms with Crippen molar-refractivity contribution in [3.05, 3.63) is 38.8 Å². The van der Waals surface area contributed by atoms with Gasteiger partial charge in [-0.15, -0.1) is 11.3 Å². The number of likely N-dealkylation sites (tertiary alicyclic amines) is 1. The molecule has 2 aromatic rings. The van der Waals surface area contributed by atoms with E-state index in [2.05, 4.69) is 9.97 Å². The Morgan fingerprint density at radius 2 is 2.09 bits per heavy atom. The molecule has 1 saturated heterocycles. The first-order valence-corrected chi connectivity index (χ1v) is 8.24. The summed E-state index contributed by atoms with van der Waals surface area (Å²) in [7, 11) is 0. The molecule has 5 nitrogen and oxygen atoms in total. The molecule has 1 aliphatic heterocycles. The van der Waals surface area contributed by atoms with Gasteiger partial charge in [0.05, 0.1) is 15.8 Å². The largest absolute Gasteiger partial charge is 0.458 e. The third-order valence-corrected chi connectivity index (χ3v) is 4.67. The normalized spacial score (nSPS) is 17.8. The van der Waals surface area contributed by atoms with Gasteiger partial charge in [-0.25, -0.2) is 9.97 Å². The molecular formula is C15H16ClN3O2S. The van der Waals surface area contributed by atoms with Crippen LogP contribution in [0.3, 0.4) is 0 Å². The molecule has 3 heterocycles. The summed E-state index contributed by atoms with van der Waals surface area (Å²) in [6.07, 6.45) is 0.710. The van der Waals surface area contributed by atoms with Crippen LogP contribution in [0.1, 0.15) is 27.5 Å². The quantitative estimate of drug-likeness (QED) is 0.863. The Labute approximate surface area is 137 Å². The molecule has 7 heteroatoms. The number of rotatable bonds is 3. The Kier molecular flexibility index (Phi) is 4.31. The Bertz CT molecular complexity index is 684. The fourth-order valence-corrected chi connectivity index (χ4v) is 3.50. The highest BCUT2D eigenvalue weighted by molar-refractivity contribution is 7.17. The molecule has 0 bridgehead atoms. The van der Waals surface area contributed by atoms with Gasteiger partial charge in [-0.2, -0.15) is 0 Å². The molecule has 1 aliphatic rings. The second kappa shape index (κ2) is 6.22. The van der Waals surface area contributed by atoms with Crippen LogP contribution in [-0.2, 0) is 0 Å². The maximum atomic E-state index is 12.4. The van der Waals surface area contributed by atoms with Crippen molar-refractivity contribution in [2.75, 3.05) is 13.1 Å². The summed E-state index contributed by atoms with van der Waals surface area (Å²) in [6.45, 7) is 5.04. The van der Waals surface area contributed by atoms with Crippen molar-refractivity contribution in [2.24, 2.45) is 0 Å². The third-order valence-electron chi connectivity index (χ3n) is 3.45. The minimum atomic E-state index is -0.0689. The molecule has 22 heavy (non-hydrogen) atoms. The van der Waals surface area contributed by atoms with E-state index in [0.29, 0.717) is 28.3 Å². The first-order chi connectivity index (χ1) is 10.5. The fraction of sp³-hybridized carbons (Fsp3) is 0.400. The number of amides is 1. The highest BCUT2D eigenvalue weighted by Crippen LogP contribution is 2.25. The van der Waals surface area contributed by atoms with Crippen molar-refractivity contribution in [3.63, 3.8) is 0 Å². The molecule has 3 rings (SSSR count). The van der Waals surface area contributed by atoms with E-state index in [1.165, 1.54) is 11.3 Å². The zero-order valence-corrected chi connectivity index (χ0v) is 13.9. The predicted molar refractivity (Wildman–Crippen MR) is 85.8 cm³/mol. The minimum absolute atomic E-state index is 0.00402. The van der Waals surface area contributed by atoms with E-state index < -0.39 is 0 Å². The van der Waals surface area contributed by atoms with Gasteiger partial charge in [0.25, 0.3) is 5.91 Å². The van der Waals surface area contributed by atoms with Crippen molar-refractivity contribution < 1.29 is 9.53 Å². The number of nitrogens with zero attached hydrogens (tertiary/aromatic N) is 3. The van der Waals surface area contributed by atoms with Crippen LogP contribution >= 0.6 is 22.9 Å². The van der Waals surface area contributed by atoms with Gasteiger partial charge >= 0.3 is 6.01 Å². The van der Waals surface area contributed by atoms with E-state index >= 15 is 0 Å². The predicted octanol–water partition coefficient (Wildman–Crippen LogP) is 3.10. The van der Waals surface area contributed by atoms with E-state index in [1.54, 1.807) is 17.0 Å². The van der Waals surface area contributed by atoms with Gasteiger partial charge < -0.3 is 9.64 Å². The Hall–Kier alpha value is -1.66. The maximum absolute atomic E-state index is 12.4. The van der Waals surface area contributed by atoms with Crippen LogP contribution in [0, 0.1) is 13.8 Å². The van der Waals surface area contributed by atoms with E-state index in [0.717, 1.165) is 17.8 Å². The molecule has 1 amide bonds. The molecule has 1 atom stereocenters. The molecule has 1 unspecified atom stereocenters. The summed E-state index contributed by atoms with van der Waals surface area (Å²) < 4.78 is 6.44. The summed E-state index contributed by atoms with van der Waals surface area (Å²) in [4.78, 5) is 23.4. The zero-order chi connectivity index (χ0) is 15.7. The number of aryl methyl sites for hydroxylation is 2. The Morgan fingerprint density at radius 3 is 2.73 bits per heavy atom. The molecule has 2 aromatic heterocycles. The standard InChI is InChI=1S/C15H16ClN3O2S/c1-9-7-10(2)18-15(17-9)21-11-5-6-19(8-11)14(20)12-3-4-13(16)22-12/h3-4,7,11H,5-6,8H2,1-2H3. The molecule has 0 spiro atoms. The van der Waals surface area contributed by atoms with Gasteiger partial charge in [-0.05, 0) is 32.0 Å². The summed E-state index contributed by atoms with van der Waals surface area (Å²) in [5.41, 5.74) is 1.75. The summed E-state index contributed by atoms with van der Waals surface area (Å²) in [5, 5.41) is 0. The van der Waals surface area contributed by atoms with Gasteiger partial charge in [0.1, 0.15) is 6.10 Å². The van der Waals surface area contributed by atoms with Crippen LogP contribution in [0.15, 0.2) is 18.2 Å². The number of aromatic nitrogens is 2. The van der Waals surface area contributed by atoms with Crippen molar-refractivity contribution in [3.8, 4) is 6.01 Å². The molecule has 1 fully saturated rings. The molecule has 0 saturated carbocycles. The van der Waals surface area contributed by atoms with Gasteiger partial charge in [0.2, 0.25) is 0 Å². The molecule has 0 aromatic carbocycles. The molecule has 116 valence electrons. The summed E-state index contributed by atoms with van der Waals surface area (Å²) >= 11 is 7.18. The fourth-order valence-electron chi connectivity index (χ4n) is 2.49. The molecular weight excluding hydrogens is 322 g/mol. The van der Waals surface area contributed by atoms with Crippen molar-refractivity contribution in [1.82, 2.24) is 14.9 Å². The van der Waals surface area contributed by atoms with Gasteiger partial charge in [0.15, 0.2) is 0 Å². The van der Waals surface area contributed by atoms with E-state index in [4.69, 9.17) is 16.3 Å². The third kappa shape index (κ3) is 3.39. The van der Waals surface area contributed by atoms with E-state index in [9.17, 15) is 4.79 Å². The summed E-state index contributed by atoms with van der Waals surface area (Å²) in [5.74, 6) is 0.00402. The average molecular weight is 338 g/mol. The SMILES string of the molecule is Cc1cc(C)nc(OC2CCN(C(=O)c3ccc(Cl)s3)C2)n1. The lowest BCUT2D eigenvalue weighted by atomic mass is 10.3. The number of ether oxygens (including phenoxy) is 1. The average Bonchev–Trinajstić information content (AvgIpc) is 3.06. The monoisotopic (exact) mass is 337 g/mol. The topological polar surface area (TPSA) is 55.3 Å². The van der Waals surface area contributed by atoms with Crippen LogP contribution in [0.25, 0.3) is 0 Å². The number of thiophene rings is 1. The minimum Gasteiger partial charge on any atom is -0.458 e. The highest BCUT2D eigenvalue weighted by atomic mass is 35.5.